The second-order valence-corrected chi connectivity index (χ2v) is 9.35. The van der Waals surface area contributed by atoms with E-state index in [9.17, 15) is 14.7 Å². The number of nitrogens with one attached hydrogen (secondary N) is 1. The average molecular weight is 554 g/mol. The maximum absolute atomic E-state index is 13.0. The van der Waals surface area contributed by atoms with Crippen molar-refractivity contribution in [3.05, 3.63) is 51.6 Å². The molecule has 1 saturated carbocycles. The Morgan fingerprint density at radius 2 is 2.06 bits per heavy atom. The molecule has 0 aliphatic heterocycles. The van der Waals surface area contributed by atoms with Gasteiger partial charge in [0.1, 0.15) is 18.0 Å². The lowest BCUT2D eigenvalue weighted by Crippen LogP contribution is -2.55. The number of nitrogens with zero attached hydrogens (tertiary/aromatic N) is 1. The Balaban J connectivity index is 1.90. The van der Waals surface area contributed by atoms with E-state index in [1.807, 2.05) is 37.3 Å². The van der Waals surface area contributed by atoms with Crippen molar-refractivity contribution in [3.8, 4) is 5.75 Å². The molecule has 32 heavy (non-hydrogen) atoms. The van der Waals surface area contributed by atoms with E-state index < -0.39 is 18.2 Å². The van der Waals surface area contributed by atoms with Crippen LogP contribution in [-0.2, 0) is 9.59 Å². The number of rotatable bonds is 10. The van der Waals surface area contributed by atoms with Crippen LogP contribution in [0.3, 0.4) is 0 Å². The van der Waals surface area contributed by atoms with E-state index in [1.54, 1.807) is 17.1 Å². The molecule has 2 aliphatic carbocycles. The summed E-state index contributed by atoms with van der Waals surface area (Å²) >= 11 is 2.16. The molecule has 0 heterocycles. The van der Waals surface area contributed by atoms with Crippen molar-refractivity contribution >= 4 is 34.4 Å². The lowest BCUT2D eigenvalue weighted by molar-refractivity contribution is -0.133. The Morgan fingerprint density at radius 1 is 1.31 bits per heavy atom. The predicted octanol–water partition coefficient (Wildman–Crippen LogP) is 2.41. The summed E-state index contributed by atoms with van der Waals surface area (Å²) in [5.41, 5.74) is 0.442. The smallest absolute Gasteiger partial charge is 0.247 e. The van der Waals surface area contributed by atoms with Gasteiger partial charge in [0, 0.05) is 25.1 Å². The summed E-state index contributed by atoms with van der Waals surface area (Å²) in [6, 6.07) is 6.87. The highest BCUT2D eigenvalue weighted by atomic mass is 127. The molecular weight excluding hydrogens is 523 g/mol. The predicted molar refractivity (Wildman–Crippen MR) is 130 cm³/mol. The topological polar surface area (TPSA) is 99.1 Å². The van der Waals surface area contributed by atoms with Crippen LogP contribution in [0.2, 0.25) is 0 Å². The number of benzene rings is 1. The zero-order valence-electron chi connectivity index (χ0n) is 18.2. The van der Waals surface area contributed by atoms with Crippen LogP contribution < -0.4 is 10.1 Å². The minimum Gasteiger partial charge on any atom is -0.482 e. The Morgan fingerprint density at radius 3 is 2.72 bits per heavy atom. The van der Waals surface area contributed by atoms with Crippen molar-refractivity contribution in [1.82, 2.24) is 10.2 Å². The first-order valence-corrected chi connectivity index (χ1v) is 12.2. The van der Waals surface area contributed by atoms with Gasteiger partial charge in [-0.25, -0.2) is 0 Å². The summed E-state index contributed by atoms with van der Waals surface area (Å²) in [5, 5.41) is 23.0. The number of para-hydroxylation sites is 1. The molecule has 7 nitrogen and oxygen atoms in total. The molecule has 3 rings (SSSR count). The highest BCUT2D eigenvalue weighted by Gasteiger charge is 2.41. The quantitative estimate of drug-likeness (QED) is 0.305. The van der Waals surface area contributed by atoms with Crippen molar-refractivity contribution in [3.63, 3.8) is 0 Å². The van der Waals surface area contributed by atoms with Crippen LogP contribution in [0.5, 0.6) is 5.75 Å². The number of hydrogen-bond acceptors (Lipinski definition) is 5. The van der Waals surface area contributed by atoms with E-state index in [0.717, 1.165) is 22.8 Å². The van der Waals surface area contributed by atoms with Crippen molar-refractivity contribution in [1.29, 1.82) is 0 Å². The molecule has 0 radical (unpaired) electrons. The van der Waals surface area contributed by atoms with Gasteiger partial charge in [-0.1, -0.05) is 25.1 Å². The van der Waals surface area contributed by atoms with E-state index >= 15 is 0 Å². The van der Waals surface area contributed by atoms with Gasteiger partial charge in [0.15, 0.2) is 0 Å². The zero-order chi connectivity index (χ0) is 23.1. The fourth-order valence-electron chi connectivity index (χ4n) is 3.75. The lowest BCUT2D eigenvalue weighted by atomic mass is 9.88. The first kappa shape index (κ1) is 24.7. The number of carbonyl (C=O) groups is 2. The van der Waals surface area contributed by atoms with Gasteiger partial charge in [-0.3, -0.25) is 9.59 Å². The van der Waals surface area contributed by atoms with Gasteiger partial charge in [0.05, 0.1) is 16.2 Å². The van der Waals surface area contributed by atoms with Crippen LogP contribution in [-0.4, -0.2) is 64.9 Å². The van der Waals surface area contributed by atoms with E-state index in [-0.39, 0.29) is 31.4 Å². The molecule has 174 valence electrons. The van der Waals surface area contributed by atoms with Gasteiger partial charge in [-0.05, 0) is 72.1 Å². The molecule has 0 saturated heterocycles. The van der Waals surface area contributed by atoms with Crippen LogP contribution in [0.15, 0.2) is 48.1 Å². The number of allylic oxidation sites excluding steroid dienone is 1. The van der Waals surface area contributed by atoms with Gasteiger partial charge in [-0.2, -0.15) is 0 Å². The number of hydrogen-bond donors (Lipinski definition) is 3. The Bertz CT molecular complexity index is 868. The average Bonchev–Trinajstić information content (AvgIpc) is 3.61. The van der Waals surface area contributed by atoms with Gasteiger partial charge in [-0.15, -0.1) is 0 Å². The van der Waals surface area contributed by atoms with E-state index in [4.69, 9.17) is 9.84 Å². The summed E-state index contributed by atoms with van der Waals surface area (Å²) in [5.74, 6) is 0.548. The maximum Gasteiger partial charge on any atom is 0.247 e. The lowest BCUT2D eigenvalue weighted by Gasteiger charge is -2.40. The highest BCUT2D eigenvalue weighted by molar-refractivity contribution is 14.1. The van der Waals surface area contributed by atoms with Gasteiger partial charge in [0.2, 0.25) is 11.8 Å². The fourth-order valence-corrected chi connectivity index (χ4v) is 4.26. The summed E-state index contributed by atoms with van der Waals surface area (Å²) in [7, 11) is 0. The minimum atomic E-state index is -0.988. The standard InChI is InChI=1S/C24H31IN2O5/c1-2-3-8-22(29)27(15-16-9-10-16)19-13-17(24(31)26-11-12-28)14-21(23(19)30)32-20-7-5-4-6-18(20)25/h3-8,14,16,19,21,23,28,30H,2,9-13,15H2,1H3,(H,26,31). The number of carbonyl (C=O) groups excluding carboxylic acids is 2. The number of aliphatic hydroxyl groups excluding tert-OH is 2. The van der Waals surface area contributed by atoms with E-state index in [2.05, 4.69) is 27.9 Å². The van der Waals surface area contributed by atoms with E-state index in [1.165, 1.54) is 0 Å². The SMILES string of the molecule is CCC=CC(=O)N(CC1CC1)C1CC(C(=O)NCCO)=CC(Oc2ccccc2I)C1O. The minimum absolute atomic E-state index is 0.134. The Labute approximate surface area is 202 Å². The van der Waals surface area contributed by atoms with Crippen LogP contribution >= 0.6 is 22.6 Å². The van der Waals surface area contributed by atoms with E-state index in [0.29, 0.717) is 23.8 Å². The molecule has 2 aliphatic rings. The molecular formula is C24H31IN2O5. The van der Waals surface area contributed by atoms with Crippen molar-refractivity contribution in [2.75, 3.05) is 19.7 Å². The summed E-state index contributed by atoms with van der Waals surface area (Å²) in [6.07, 6.45) is 6.31. The molecule has 2 amide bonds. The molecule has 1 aromatic carbocycles. The van der Waals surface area contributed by atoms with Crippen LogP contribution in [0, 0.1) is 9.49 Å². The molecule has 1 fully saturated rings. The molecule has 0 spiro atoms. The third-order valence-electron chi connectivity index (χ3n) is 5.65. The van der Waals surface area contributed by atoms with Crippen LogP contribution in [0.4, 0.5) is 0 Å². The van der Waals surface area contributed by atoms with Crippen LogP contribution in [0.1, 0.15) is 32.6 Å². The molecule has 3 unspecified atom stereocenters. The number of halogens is 1. The summed E-state index contributed by atoms with van der Waals surface area (Å²) < 4.78 is 7.01. The normalized spacial score (nSPS) is 23.0. The number of ether oxygens (including phenoxy) is 1. The third-order valence-corrected chi connectivity index (χ3v) is 6.54. The van der Waals surface area contributed by atoms with Crippen LogP contribution in [0.25, 0.3) is 0 Å². The maximum atomic E-state index is 13.0. The monoisotopic (exact) mass is 554 g/mol. The third kappa shape index (κ3) is 6.55. The summed E-state index contributed by atoms with van der Waals surface area (Å²) in [6.45, 7) is 2.48. The first-order chi connectivity index (χ1) is 15.4. The van der Waals surface area contributed by atoms with Crippen molar-refractivity contribution < 1.29 is 24.5 Å². The molecule has 1 aromatic rings. The molecule has 0 bridgehead atoms. The Hall–Kier alpha value is -1.91. The number of amides is 2. The molecule has 3 atom stereocenters. The van der Waals surface area contributed by atoms with Crippen molar-refractivity contribution in [2.24, 2.45) is 5.92 Å². The summed E-state index contributed by atoms with van der Waals surface area (Å²) in [4.78, 5) is 27.4. The van der Waals surface area contributed by atoms with Gasteiger partial charge in [0.25, 0.3) is 0 Å². The van der Waals surface area contributed by atoms with Gasteiger partial charge < -0.3 is 25.2 Å². The largest absolute Gasteiger partial charge is 0.482 e. The Kier molecular flexibility index (Phi) is 9.12. The van der Waals surface area contributed by atoms with Gasteiger partial charge >= 0.3 is 0 Å². The molecule has 3 N–H and O–H groups in total. The van der Waals surface area contributed by atoms with Crippen molar-refractivity contribution in [2.45, 2.75) is 50.9 Å². The number of aliphatic hydroxyl groups is 2. The second-order valence-electron chi connectivity index (χ2n) is 8.19. The molecule has 0 aromatic heterocycles. The zero-order valence-corrected chi connectivity index (χ0v) is 20.4. The highest BCUT2D eigenvalue weighted by Crippen LogP contribution is 2.34. The molecule has 8 heteroatoms. The fraction of sp³-hybridized carbons (Fsp3) is 0.500. The first-order valence-electron chi connectivity index (χ1n) is 11.1. The second kappa shape index (κ2) is 11.8.